The molecule has 0 aliphatic carbocycles. The normalized spacial score (nSPS) is 12.1. The average Bonchev–Trinajstić information content (AvgIpc) is 2.59. The molecule has 17 heavy (non-hydrogen) atoms. The summed E-state index contributed by atoms with van der Waals surface area (Å²) in [5.41, 5.74) is 1.71. The third-order valence-corrected chi connectivity index (χ3v) is 3.61. The van der Waals surface area contributed by atoms with Crippen LogP contribution >= 0.6 is 50.7 Å². The Labute approximate surface area is 121 Å². The van der Waals surface area contributed by atoms with E-state index in [1.165, 1.54) is 6.20 Å². The van der Waals surface area contributed by atoms with Gasteiger partial charge in [-0.25, -0.2) is 4.98 Å². The van der Waals surface area contributed by atoms with Crippen molar-refractivity contribution in [3.8, 4) is 0 Å². The number of pyridine rings is 1. The van der Waals surface area contributed by atoms with Gasteiger partial charge in [0.25, 0.3) is 3.79 Å². The van der Waals surface area contributed by atoms with Crippen LogP contribution in [0.15, 0.2) is 16.7 Å². The van der Waals surface area contributed by atoms with Crippen LogP contribution in [0.25, 0.3) is 11.0 Å². The van der Waals surface area contributed by atoms with Crippen molar-refractivity contribution in [2.75, 3.05) is 0 Å². The van der Waals surface area contributed by atoms with E-state index in [2.05, 4.69) is 25.9 Å². The van der Waals surface area contributed by atoms with E-state index < -0.39 is 9.58 Å². The first kappa shape index (κ1) is 13.1. The van der Waals surface area contributed by atoms with Crippen LogP contribution in [0, 0.1) is 6.92 Å². The molecule has 2 heterocycles. The van der Waals surface area contributed by atoms with Crippen molar-refractivity contribution in [3.05, 3.63) is 28.0 Å². The second kappa shape index (κ2) is 4.43. The summed E-state index contributed by atoms with van der Waals surface area (Å²) in [6, 6.07) is 1.78. The molecular formula is C10H6BrCl3N2O. The first-order valence-corrected chi connectivity index (χ1v) is 6.49. The highest BCUT2D eigenvalue weighted by molar-refractivity contribution is 9.10. The fraction of sp³-hybridized carbons (Fsp3) is 0.200. The number of hydrogen-bond acceptors (Lipinski definition) is 2. The van der Waals surface area contributed by atoms with Gasteiger partial charge < -0.3 is 4.98 Å². The number of aromatic amines is 1. The number of carbonyl (C=O) groups is 1. The summed E-state index contributed by atoms with van der Waals surface area (Å²) in [5.74, 6) is -0.577. The maximum absolute atomic E-state index is 11.9. The maximum Gasteiger partial charge on any atom is 0.253 e. The van der Waals surface area contributed by atoms with Crippen molar-refractivity contribution in [1.29, 1.82) is 0 Å². The van der Waals surface area contributed by atoms with Crippen molar-refractivity contribution >= 4 is 67.5 Å². The fourth-order valence-electron chi connectivity index (χ4n) is 1.46. The lowest BCUT2D eigenvalue weighted by atomic mass is 10.1. The number of hydrogen-bond donors (Lipinski definition) is 1. The Balaban J connectivity index is 2.65. The summed E-state index contributed by atoms with van der Waals surface area (Å²) in [4.78, 5) is 19.0. The zero-order chi connectivity index (χ0) is 12.8. The van der Waals surface area contributed by atoms with E-state index in [-0.39, 0.29) is 0 Å². The number of alkyl halides is 3. The van der Waals surface area contributed by atoms with Gasteiger partial charge in [-0.15, -0.1) is 0 Å². The summed E-state index contributed by atoms with van der Waals surface area (Å²) < 4.78 is -1.17. The molecule has 7 heteroatoms. The van der Waals surface area contributed by atoms with Gasteiger partial charge >= 0.3 is 0 Å². The molecule has 0 atom stereocenters. The molecule has 1 N–H and O–H groups in total. The van der Waals surface area contributed by atoms with Gasteiger partial charge in [-0.2, -0.15) is 0 Å². The molecule has 0 radical (unpaired) electrons. The predicted octanol–water partition coefficient (Wildman–Crippen LogP) is 4.19. The molecule has 2 aromatic rings. The van der Waals surface area contributed by atoms with Gasteiger partial charge in [0.15, 0.2) is 0 Å². The molecule has 2 aromatic heterocycles. The molecule has 0 unspecified atom stereocenters. The van der Waals surface area contributed by atoms with E-state index in [0.717, 1.165) is 10.2 Å². The van der Waals surface area contributed by atoms with E-state index in [1.54, 1.807) is 6.07 Å². The second-order valence-electron chi connectivity index (χ2n) is 3.48. The number of fused-ring (bicyclic) bond motifs is 1. The molecule has 0 saturated carbocycles. The van der Waals surface area contributed by atoms with Crippen LogP contribution in [0.2, 0.25) is 0 Å². The number of carbonyl (C=O) groups excluding carboxylic acids is 1. The Kier molecular flexibility index (Phi) is 3.42. The Morgan fingerprint density at radius 3 is 2.71 bits per heavy atom. The smallest absolute Gasteiger partial charge is 0.253 e. The Morgan fingerprint density at radius 1 is 1.47 bits per heavy atom. The third kappa shape index (κ3) is 2.45. The zero-order valence-electron chi connectivity index (χ0n) is 8.52. The minimum Gasteiger partial charge on any atom is -0.345 e. The summed E-state index contributed by atoms with van der Waals surface area (Å²) in [6.45, 7) is 1.85. The number of halogens is 4. The molecule has 0 amide bonds. The van der Waals surface area contributed by atoms with Gasteiger partial charge in [-0.3, -0.25) is 4.79 Å². The lowest BCUT2D eigenvalue weighted by molar-refractivity contribution is 0.0998. The summed E-state index contributed by atoms with van der Waals surface area (Å²) in [6.07, 6.45) is 1.49. The van der Waals surface area contributed by atoms with Gasteiger partial charge in [0.1, 0.15) is 5.65 Å². The summed E-state index contributed by atoms with van der Waals surface area (Å²) in [7, 11) is 0. The number of nitrogens with one attached hydrogen (secondary N) is 1. The van der Waals surface area contributed by atoms with Gasteiger partial charge in [-0.05, 0) is 28.9 Å². The van der Waals surface area contributed by atoms with E-state index in [4.69, 9.17) is 34.8 Å². The minimum absolute atomic E-state index is 0.313. The van der Waals surface area contributed by atoms with Gasteiger partial charge in [0.05, 0.1) is 5.69 Å². The molecule has 0 spiro atoms. The van der Waals surface area contributed by atoms with Crippen molar-refractivity contribution < 1.29 is 4.79 Å². The fourth-order valence-corrected chi connectivity index (χ4v) is 2.08. The van der Waals surface area contributed by atoms with E-state index in [9.17, 15) is 4.79 Å². The highest BCUT2D eigenvalue weighted by Crippen LogP contribution is 2.33. The van der Waals surface area contributed by atoms with Crippen molar-refractivity contribution in [1.82, 2.24) is 9.97 Å². The number of aryl methyl sites for hydroxylation is 1. The van der Waals surface area contributed by atoms with Gasteiger partial charge in [0, 0.05) is 21.6 Å². The van der Waals surface area contributed by atoms with E-state index in [0.29, 0.717) is 16.6 Å². The molecule has 0 aliphatic rings. The number of ketones is 1. The van der Waals surface area contributed by atoms with Crippen molar-refractivity contribution in [2.24, 2.45) is 0 Å². The first-order chi connectivity index (χ1) is 7.80. The van der Waals surface area contributed by atoms with Crippen molar-refractivity contribution in [3.63, 3.8) is 0 Å². The molecule has 0 fully saturated rings. The van der Waals surface area contributed by atoms with Crippen LogP contribution in [-0.4, -0.2) is 19.5 Å². The molecule has 3 nitrogen and oxygen atoms in total. The number of Topliss-reactive ketones (excluding diaryl/α,β-unsaturated/α-hetero) is 1. The maximum atomic E-state index is 11.9. The van der Waals surface area contributed by atoms with Gasteiger partial charge in [-0.1, -0.05) is 34.8 Å². The van der Waals surface area contributed by atoms with Crippen LogP contribution < -0.4 is 0 Å². The minimum atomic E-state index is -1.97. The van der Waals surface area contributed by atoms with E-state index >= 15 is 0 Å². The predicted molar refractivity (Wildman–Crippen MR) is 73.2 cm³/mol. The number of H-pyrrole nitrogens is 1. The Hall–Kier alpha value is -0.290. The zero-order valence-corrected chi connectivity index (χ0v) is 12.4. The third-order valence-electron chi connectivity index (χ3n) is 2.30. The first-order valence-electron chi connectivity index (χ1n) is 4.56. The molecule has 90 valence electrons. The molecule has 0 saturated heterocycles. The molecule has 2 rings (SSSR count). The Bertz CT molecular complexity index is 603. The summed E-state index contributed by atoms with van der Waals surface area (Å²) in [5, 5.41) is 0.624. The quantitative estimate of drug-likeness (QED) is 0.615. The SMILES string of the molecule is Cc1nc2[nH]cc(C(=O)C(Cl)(Cl)Cl)c2cc1Br. The average molecular weight is 356 g/mol. The lowest BCUT2D eigenvalue weighted by Gasteiger charge is -2.08. The van der Waals surface area contributed by atoms with Crippen LogP contribution in [0.4, 0.5) is 0 Å². The molecule has 0 bridgehead atoms. The second-order valence-corrected chi connectivity index (χ2v) is 6.62. The van der Waals surface area contributed by atoms with Gasteiger partial charge in [0.2, 0.25) is 5.78 Å². The monoisotopic (exact) mass is 354 g/mol. The van der Waals surface area contributed by atoms with Crippen LogP contribution in [0.3, 0.4) is 0 Å². The van der Waals surface area contributed by atoms with Crippen LogP contribution in [0.1, 0.15) is 16.1 Å². The lowest BCUT2D eigenvalue weighted by Crippen LogP contribution is -2.18. The van der Waals surface area contributed by atoms with Crippen molar-refractivity contribution in [2.45, 2.75) is 10.7 Å². The highest BCUT2D eigenvalue weighted by Gasteiger charge is 2.33. The summed E-state index contributed by atoms with van der Waals surface area (Å²) >= 11 is 20.1. The molecule has 0 aromatic carbocycles. The highest BCUT2D eigenvalue weighted by atomic mass is 79.9. The molecular weight excluding hydrogens is 350 g/mol. The largest absolute Gasteiger partial charge is 0.345 e. The standard InChI is InChI=1S/C10H6BrCl3N2O/c1-4-7(11)2-5-6(3-15-9(5)16-4)8(17)10(12,13)14/h2-3H,1H3,(H,15,16). The van der Waals surface area contributed by atoms with Crippen LogP contribution in [-0.2, 0) is 0 Å². The molecule has 0 aliphatic heterocycles. The topological polar surface area (TPSA) is 45.8 Å². The number of nitrogens with zero attached hydrogens (tertiary/aromatic N) is 1. The number of aromatic nitrogens is 2. The number of rotatable bonds is 1. The Morgan fingerprint density at radius 2 is 2.12 bits per heavy atom. The van der Waals surface area contributed by atoms with E-state index in [1.807, 2.05) is 6.92 Å². The van der Waals surface area contributed by atoms with Crippen LogP contribution in [0.5, 0.6) is 0 Å².